The minimum atomic E-state index is -0.319. The number of oxime groups is 1. The Morgan fingerprint density at radius 2 is 2.05 bits per heavy atom. The van der Waals surface area contributed by atoms with Crippen molar-refractivity contribution in [1.29, 1.82) is 0 Å². The summed E-state index contributed by atoms with van der Waals surface area (Å²) in [5.41, 5.74) is 6.84. The van der Waals surface area contributed by atoms with Gasteiger partial charge in [-0.1, -0.05) is 17.3 Å². The highest BCUT2D eigenvalue weighted by Gasteiger charge is 2.10. The minimum absolute atomic E-state index is 0.0536. The Morgan fingerprint density at radius 1 is 1.30 bits per heavy atom. The van der Waals surface area contributed by atoms with Crippen LogP contribution in [0.5, 0.6) is 0 Å². The fourth-order valence-electron chi connectivity index (χ4n) is 1.49. The number of aromatic nitrogens is 1. The topological polar surface area (TPSA) is 101 Å². The third-order valence-corrected chi connectivity index (χ3v) is 3.46. The van der Waals surface area contributed by atoms with Crippen LogP contribution in [0.25, 0.3) is 0 Å². The molecule has 0 aliphatic heterocycles. The number of rotatable bonds is 3. The molecule has 1 aromatic carbocycles. The first-order valence-electron chi connectivity index (χ1n) is 5.61. The lowest BCUT2D eigenvalue weighted by Gasteiger charge is -2.07. The van der Waals surface area contributed by atoms with Gasteiger partial charge in [-0.2, -0.15) is 0 Å². The third-order valence-electron chi connectivity index (χ3n) is 2.52. The van der Waals surface area contributed by atoms with Gasteiger partial charge in [0, 0.05) is 15.3 Å². The maximum atomic E-state index is 12.0. The van der Waals surface area contributed by atoms with Crippen molar-refractivity contribution in [2.75, 3.05) is 5.32 Å². The molecule has 102 valence electrons. The summed E-state index contributed by atoms with van der Waals surface area (Å²) in [5, 5.41) is 14.2. The Hall–Kier alpha value is -2.16. The number of hydrogen-bond acceptors (Lipinski definition) is 4. The van der Waals surface area contributed by atoms with Crippen LogP contribution in [-0.2, 0) is 0 Å². The molecule has 0 atom stereocenters. The number of pyridine rings is 1. The van der Waals surface area contributed by atoms with E-state index in [-0.39, 0.29) is 17.4 Å². The highest BCUT2D eigenvalue weighted by Crippen LogP contribution is 2.17. The average molecular weight is 382 g/mol. The van der Waals surface area contributed by atoms with Gasteiger partial charge in [0.15, 0.2) is 5.84 Å². The zero-order valence-corrected chi connectivity index (χ0v) is 12.4. The SMILES string of the molecule is NC(=NO)c1ccc(C(=O)Nc2ccccc2I)nc1. The van der Waals surface area contributed by atoms with Gasteiger partial charge in [-0.15, -0.1) is 0 Å². The van der Waals surface area contributed by atoms with Crippen LogP contribution in [-0.4, -0.2) is 21.9 Å². The van der Waals surface area contributed by atoms with Crippen LogP contribution in [0, 0.1) is 3.57 Å². The van der Waals surface area contributed by atoms with E-state index in [1.165, 1.54) is 12.3 Å². The number of anilines is 1. The normalized spacial score (nSPS) is 11.2. The van der Waals surface area contributed by atoms with E-state index in [1.54, 1.807) is 6.07 Å². The van der Waals surface area contributed by atoms with Gasteiger partial charge in [0.2, 0.25) is 0 Å². The van der Waals surface area contributed by atoms with Gasteiger partial charge in [-0.25, -0.2) is 0 Å². The molecule has 1 heterocycles. The number of amides is 1. The van der Waals surface area contributed by atoms with Crippen LogP contribution in [0.4, 0.5) is 5.69 Å². The quantitative estimate of drug-likeness (QED) is 0.249. The monoisotopic (exact) mass is 382 g/mol. The second kappa shape index (κ2) is 6.33. The first-order chi connectivity index (χ1) is 9.61. The Kier molecular flexibility index (Phi) is 4.51. The van der Waals surface area contributed by atoms with Gasteiger partial charge in [-0.05, 0) is 46.9 Å². The zero-order valence-electron chi connectivity index (χ0n) is 10.2. The summed E-state index contributed by atoms with van der Waals surface area (Å²) in [6, 6.07) is 10.5. The van der Waals surface area contributed by atoms with Crippen molar-refractivity contribution in [2.24, 2.45) is 10.9 Å². The van der Waals surface area contributed by atoms with Gasteiger partial charge in [0.05, 0.1) is 5.69 Å². The van der Waals surface area contributed by atoms with Gasteiger partial charge in [0.1, 0.15) is 5.69 Å². The maximum absolute atomic E-state index is 12.0. The molecule has 7 heteroatoms. The summed E-state index contributed by atoms with van der Waals surface area (Å²) in [6.07, 6.45) is 1.37. The lowest BCUT2D eigenvalue weighted by atomic mass is 10.2. The minimum Gasteiger partial charge on any atom is -0.409 e. The first-order valence-corrected chi connectivity index (χ1v) is 6.69. The molecule has 0 unspecified atom stereocenters. The number of hydrogen-bond donors (Lipinski definition) is 3. The summed E-state index contributed by atoms with van der Waals surface area (Å²) in [4.78, 5) is 16.0. The van der Waals surface area contributed by atoms with E-state index in [0.717, 1.165) is 9.26 Å². The number of carbonyl (C=O) groups excluding carboxylic acids is 1. The number of benzene rings is 1. The van der Waals surface area contributed by atoms with Crippen LogP contribution >= 0.6 is 22.6 Å². The molecular formula is C13H11IN4O2. The lowest BCUT2D eigenvalue weighted by Crippen LogP contribution is -2.17. The summed E-state index contributed by atoms with van der Waals surface area (Å²) >= 11 is 2.14. The molecule has 2 aromatic rings. The molecule has 0 saturated heterocycles. The van der Waals surface area contributed by atoms with E-state index in [1.807, 2.05) is 24.3 Å². The number of amidine groups is 1. The molecule has 0 bridgehead atoms. The average Bonchev–Trinajstić information content (AvgIpc) is 2.49. The molecule has 1 amide bonds. The van der Waals surface area contributed by atoms with E-state index in [4.69, 9.17) is 10.9 Å². The number of nitrogens with two attached hydrogens (primary N) is 1. The highest BCUT2D eigenvalue weighted by atomic mass is 127. The molecule has 0 spiro atoms. The molecule has 1 aromatic heterocycles. The lowest BCUT2D eigenvalue weighted by molar-refractivity contribution is 0.102. The summed E-state index contributed by atoms with van der Waals surface area (Å²) in [7, 11) is 0. The molecule has 0 radical (unpaired) electrons. The molecule has 0 fully saturated rings. The first kappa shape index (κ1) is 14.3. The fraction of sp³-hybridized carbons (Fsp3) is 0. The predicted octanol–water partition coefficient (Wildman–Crippen LogP) is 2.03. The van der Waals surface area contributed by atoms with Crippen LogP contribution in [0.15, 0.2) is 47.8 Å². The van der Waals surface area contributed by atoms with Crippen molar-refractivity contribution in [2.45, 2.75) is 0 Å². The van der Waals surface area contributed by atoms with Gasteiger partial charge >= 0.3 is 0 Å². The Morgan fingerprint density at radius 3 is 2.65 bits per heavy atom. The largest absolute Gasteiger partial charge is 0.409 e. The van der Waals surface area contributed by atoms with Crippen molar-refractivity contribution in [3.05, 3.63) is 57.4 Å². The molecule has 6 nitrogen and oxygen atoms in total. The van der Waals surface area contributed by atoms with Crippen LogP contribution in [0.2, 0.25) is 0 Å². The summed E-state index contributed by atoms with van der Waals surface area (Å²) in [6.45, 7) is 0. The van der Waals surface area contributed by atoms with Crippen molar-refractivity contribution < 1.29 is 10.0 Å². The van der Waals surface area contributed by atoms with E-state index in [9.17, 15) is 4.79 Å². The van der Waals surface area contributed by atoms with Crippen molar-refractivity contribution in [3.63, 3.8) is 0 Å². The van der Waals surface area contributed by atoms with E-state index in [0.29, 0.717) is 5.56 Å². The summed E-state index contributed by atoms with van der Waals surface area (Å²) < 4.78 is 0.937. The number of nitrogens with one attached hydrogen (secondary N) is 1. The van der Waals surface area contributed by atoms with Gasteiger partial charge in [-0.3, -0.25) is 9.78 Å². The molecular weight excluding hydrogens is 371 g/mol. The number of nitrogens with zero attached hydrogens (tertiary/aromatic N) is 2. The second-order valence-corrected chi connectivity index (χ2v) is 5.01. The third kappa shape index (κ3) is 3.23. The van der Waals surface area contributed by atoms with E-state index in [2.05, 4.69) is 38.0 Å². The number of para-hydroxylation sites is 1. The zero-order chi connectivity index (χ0) is 14.5. The Labute approximate surface area is 128 Å². The maximum Gasteiger partial charge on any atom is 0.274 e. The molecule has 0 saturated carbocycles. The fourth-order valence-corrected chi connectivity index (χ4v) is 2.01. The molecule has 0 aliphatic rings. The van der Waals surface area contributed by atoms with Crippen molar-refractivity contribution >= 4 is 40.0 Å². The van der Waals surface area contributed by atoms with Crippen LogP contribution < -0.4 is 11.1 Å². The van der Waals surface area contributed by atoms with Gasteiger partial charge < -0.3 is 16.3 Å². The van der Waals surface area contributed by atoms with Crippen molar-refractivity contribution in [3.8, 4) is 0 Å². The van der Waals surface area contributed by atoms with Crippen LogP contribution in [0.1, 0.15) is 16.1 Å². The summed E-state index contributed by atoms with van der Waals surface area (Å²) in [5.74, 6) is -0.373. The van der Waals surface area contributed by atoms with Gasteiger partial charge in [0.25, 0.3) is 5.91 Å². The number of carbonyl (C=O) groups is 1. The van der Waals surface area contributed by atoms with Crippen LogP contribution in [0.3, 0.4) is 0 Å². The smallest absolute Gasteiger partial charge is 0.274 e. The Bertz CT molecular complexity index is 656. The van der Waals surface area contributed by atoms with Crippen molar-refractivity contribution in [1.82, 2.24) is 4.98 Å². The Balaban J connectivity index is 2.16. The number of halogens is 1. The molecule has 4 N–H and O–H groups in total. The van der Waals surface area contributed by atoms with E-state index < -0.39 is 0 Å². The predicted molar refractivity (Wildman–Crippen MR) is 83.9 cm³/mol. The molecule has 20 heavy (non-hydrogen) atoms. The standard InChI is InChI=1S/C13H11IN4O2/c14-9-3-1-2-4-10(9)17-13(19)11-6-5-8(7-16-11)12(15)18-20/h1-7,20H,(H2,15,18)(H,17,19). The molecule has 2 rings (SSSR count). The molecule has 0 aliphatic carbocycles. The van der Waals surface area contributed by atoms with E-state index >= 15 is 0 Å². The second-order valence-electron chi connectivity index (χ2n) is 3.85. The highest BCUT2D eigenvalue weighted by molar-refractivity contribution is 14.1.